The van der Waals surface area contributed by atoms with E-state index in [1.54, 1.807) is 6.08 Å². The van der Waals surface area contributed by atoms with Gasteiger partial charge < -0.3 is 25.5 Å². The summed E-state index contributed by atoms with van der Waals surface area (Å²) in [6.45, 7) is 5.06. The van der Waals surface area contributed by atoms with Crippen molar-refractivity contribution in [3.8, 4) is 0 Å². The van der Waals surface area contributed by atoms with Crippen LogP contribution in [0.15, 0.2) is 11.6 Å². The van der Waals surface area contributed by atoms with Crippen LogP contribution in [0.3, 0.4) is 0 Å². The maximum absolute atomic E-state index is 12.5. The summed E-state index contributed by atoms with van der Waals surface area (Å²) in [5, 5.41) is 32.3. The molecule has 186 valence electrons. The highest BCUT2D eigenvalue weighted by Crippen LogP contribution is 2.67. The van der Waals surface area contributed by atoms with Crippen molar-refractivity contribution < 1.29 is 39.9 Å². The van der Waals surface area contributed by atoms with Gasteiger partial charge in [0.05, 0.1) is 6.10 Å². The maximum atomic E-state index is 12.5. The summed E-state index contributed by atoms with van der Waals surface area (Å²) in [6.07, 6.45) is 3.84. The molecule has 0 radical (unpaired) electrons. The molecule has 8 atom stereocenters. The van der Waals surface area contributed by atoms with Crippen LogP contribution >= 0.6 is 0 Å². The molecular weight excluding hydrogens is 428 g/mol. The van der Waals surface area contributed by atoms with Gasteiger partial charge in [0, 0.05) is 29.6 Å². The first-order chi connectivity index (χ1) is 15.0. The van der Waals surface area contributed by atoms with Crippen molar-refractivity contribution in [2.24, 2.45) is 28.6 Å². The highest BCUT2D eigenvalue weighted by Gasteiger charge is 2.69. The zero-order valence-electron chi connectivity index (χ0n) is 19.8. The molecule has 4 aliphatic carbocycles. The van der Waals surface area contributed by atoms with Crippen LogP contribution in [-0.2, 0) is 19.1 Å². The minimum Gasteiger partial charge on any atom is -0.461 e. The van der Waals surface area contributed by atoms with E-state index in [1.807, 2.05) is 20.8 Å². The van der Waals surface area contributed by atoms with E-state index in [4.69, 9.17) is 4.74 Å². The molecule has 0 bridgehead atoms. The van der Waals surface area contributed by atoms with E-state index in [0.29, 0.717) is 19.3 Å². The van der Waals surface area contributed by atoms with Crippen molar-refractivity contribution in [3.05, 3.63) is 11.6 Å². The molecular formula is C25H38O8. The third-order valence-corrected chi connectivity index (χ3v) is 9.46. The van der Waals surface area contributed by atoms with Crippen LogP contribution in [0.4, 0.5) is 0 Å². The third-order valence-electron chi connectivity index (χ3n) is 9.46. The zero-order chi connectivity index (χ0) is 23.5. The number of carbonyl (C=O) groups excluding carboxylic acids is 3. The van der Waals surface area contributed by atoms with Gasteiger partial charge in [-0.2, -0.15) is 0 Å². The SMILES string of the molecule is CCCC(=O)OC1CC(=O)C=C2CC[C@@H]3[C@H]([C@@H](O)C[C@@]4(C)[C@H]3CC[C@]4(O)C(=O)CO)[C@]21C.O. The number of hydrogen-bond donors (Lipinski definition) is 3. The summed E-state index contributed by atoms with van der Waals surface area (Å²) in [7, 11) is 0. The highest BCUT2D eigenvalue weighted by atomic mass is 16.5. The monoisotopic (exact) mass is 466 g/mol. The molecule has 8 nitrogen and oxygen atoms in total. The Morgan fingerprint density at radius 1 is 1.24 bits per heavy atom. The number of ketones is 2. The molecule has 4 rings (SSSR count). The van der Waals surface area contributed by atoms with Gasteiger partial charge in [0.2, 0.25) is 0 Å². The van der Waals surface area contributed by atoms with Crippen LogP contribution in [0.2, 0.25) is 0 Å². The molecule has 3 fully saturated rings. The lowest BCUT2D eigenvalue weighted by atomic mass is 9.44. The van der Waals surface area contributed by atoms with Gasteiger partial charge in [-0.25, -0.2) is 0 Å². The molecule has 5 N–H and O–H groups in total. The van der Waals surface area contributed by atoms with Gasteiger partial charge in [-0.15, -0.1) is 0 Å². The molecule has 4 aliphatic rings. The van der Waals surface area contributed by atoms with Crippen molar-refractivity contribution in [1.82, 2.24) is 0 Å². The van der Waals surface area contributed by atoms with Gasteiger partial charge >= 0.3 is 5.97 Å². The molecule has 0 amide bonds. The Bertz CT molecular complexity index is 851. The predicted octanol–water partition coefficient (Wildman–Crippen LogP) is 1.28. The summed E-state index contributed by atoms with van der Waals surface area (Å²) in [5.41, 5.74) is -2.20. The number of Topliss-reactive ketones (excluding diaryl/α,β-unsaturated/α-hetero) is 1. The molecule has 0 saturated heterocycles. The minimum absolute atomic E-state index is 0. The topological polar surface area (TPSA) is 153 Å². The first-order valence-electron chi connectivity index (χ1n) is 12.0. The summed E-state index contributed by atoms with van der Waals surface area (Å²) in [4.78, 5) is 37.4. The van der Waals surface area contributed by atoms with Crippen molar-refractivity contribution in [3.63, 3.8) is 0 Å². The first-order valence-corrected chi connectivity index (χ1v) is 12.0. The molecule has 0 aromatic rings. The molecule has 1 unspecified atom stereocenters. The van der Waals surface area contributed by atoms with Crippen molar-refractivity contribution in [2.75, 3.05) is 6.61 Å². The number of hydrogen-bond acceptors (Lipinski definition) is 7. The highest BCUT2D eigenvalue weighted by molar-refractivity contribution is 5.92. The Morgan fingerprint density at radius 2 is 1.94 bits per heavy atom. The third kappa shape index (κ3) is 3.61. The molecule has 0 spiro atoms. The Morgan fingerprint density at radius 3 is 2.58 bits per heavy atom. The summed E-state index contributed by atoms with van der Waals surface area (Å²) in [6, 6.07) is 0. The molecule has 3 saturated carbocycles. The molecule has 0 aromatic heterocycles. The standard InChI is InChI=1S/C25H36O7.H2O/c1-4-5-21(30)32-20-11-15(27)10-14-6-7-16-17-8-9-25(31,19(29)13-26)23(17,2)12-18(28)22(16)24(14,20)3;/h10,16-18,20,22,26,28,31H,4-9,11-13H2,1-3H3;1H2/t16-,17-,18-,20?,22+,23-,24+,25-;/m0./s1. The largest absolute Gasteiger partial charge is 0.461 e. The van der Waals surface area contributed by atoms with Crippen LogP contribution in [0.1, 0.15) is 72.1 Å². The number of carbonyl (C=O) groups is 3. The zero-order valence-corrected chi connectivity index (χ0v) is 19.8. The Labute approximate surface area is 194 Å². The molecule has 0 aromatic carbocycles. The average molecular weight is 467 g/mol. The van der Waals surface area contributed by atoms with Gasteiger partial charge in [-0.3, -0.25) is 14.4 Å². The van der Waals surface area contributed by atoms with E-state index < -0.39 is 41.0 Å². The van der Waals surface area contributed by atoms with Crippen LogP contribution in [0, 0.1) is 28.6 Å². The van der Waals surface area contributed by atoms with Gasteiger partial charge in [-0.05, 0) is 56.4 Å². The molecule has 8 heteroatoms. The van der Waals surface area contributed by atoms with Gasteiger partial charge in [-0.1, -0.05) is 26.3 Å². The fraction of sp³-hybridized carbons (Fsp3) is 0.800. The van der Waals surface area contributed by atoms with Crippen LogP contribution in [0.25, 0.3) is 0 Å². The van der Waals surface area contributed by atoms with Gasteiger partial charge in [0.15, 0.2) is 11.6 Å². The van der Waals surface area contributed by atoms with Crippen LogP contribution in [0.5, 0.6) is 0 Å². The molecule has 33 heavy (non-hydrogen) atoms. The van der Waals surface area contributed by atoms with Crippen molar-refractivity contribution >= 4 is 17.5 Å². The average Bonchev–Trinajstić information content (AvgIpc) is 2.99. The smallest absolute Gasteiger partial charge is 0.306 e. The van der Waals surface area contributed by atoms with Gasteiger partial charge in [0.1, 0.15) is 18.3 Å². The van der Waals surface area contributed by atoms with Gasteiger partial charge in [0.25, 0.3) is 0 Å². The summed E-state index contributed by atoms with van der Waals surface area (Å²) < 4.78 is 5.86. The first kappa shape index (κ1) is 26.0. The van der Waals surface area contributed by atoms with E-state index in [2.05, 4.69) is 0 Å². The van der Waals surface area contributed by atoms with E-state index >= 15 is 0 Å². The molecule has 0 heterocycles. The van der Waals surface area contributed by atoms with E-state index in [9.17, 15) is 29.7 Å². The summed E-state index contributed by atoms with van der Waals surface area (Å²) >= 11 is 0. The lowest BCUT2D eigenvalue weighted by Crippen LogP contribution is -2.64. The fourth-order valence-electron chi connectivity index (χ4n) is 7.88. The normalized spacial score (nSPS) is 44.0. The van der Waals surface area contributed by atoms with E-state index in [-0.39, 0.29) is 60.7 Å². The van der Waals surface area contributed by atoms with E-state index in [1.165, 1.54) is 0 Å². The Balaban J connectivity index is 0.00000306. The number of aliphatic hydroxyl groups is 3. The quantitative estimate of drug-likeness (QED) is 0.516. The fourth-order valence-corrected chi connectivity index (χ4v) is 7.88. The number of aliphatic hydroxyl groups excluding tert-OH is 2. The lowest BCUT2D eigenvalue weighted by molar-refractivity contribution is -0.197. The van der Waals surface area contributed by atoms with Crippen molar-refractivity contribution in [1.29, 1.82) is 0 Å². The summed E-state index contributed by atoms with van der Waals surface area (Å²) in [5.74, 6) is -1.17. The number of fused-ring (bicyclic) bond motifs is 5. The van der Waals surface area contributed by atoms with Crippen LogP contribution < -0.4 is 0 Å². The van der Waals surface area contributed by atoms with Crippen molar-refractivity contribution in [2.45, 2.75) is 89.9 Å². The second-order valence-electron chi connectivity index (χ2n) is 10.9. The van der Waals surface area contributed by atoms with E-state index in [0.717, 1.165) is 12.0 Å². The Hall–Kier alpha value is -1.61. The second-order valence-corrected chi connectivity index (χ2v) is 10.9. The maximum Gasteiger partial charge on any atom is 0.306 e. The number of rotatable bonds is 5. The predicted molar refractivity (Wildman–Crippen MR) is 119 cm³/mol. The molecule has 0 aliphatic heterocycles. The number of ether oxygens (including phenoxy) is 1. The minimum atomic E-state index is -1.65. The second kappa shape index (κ2) is 8.87. The van der Waals surface area contributed by atoms with Crippen LogP contribution in [-0.4, -0.2) is 62.7 Å². The Kier molecular flexibility index (Phi) is 6.99. The lowest BCUT2D eigenvalue weighted by Gasteiger charge is -2.61. The number of esters is 1.